The molecule has 0 spiro atoms. The topological polar surface area (TPSA) is 77.2 Å². The molecule has 2 rings (SSSR count). The number of anilines is 1. The maximum Gasteiger partial charge on any atom is 0.305 e. The quantitative estimate of drug-likeness (QED) is 0.921. The predicted molar refractivity (Wildman–Crippen MR) is 80.2 cm³/mol. The summed E-state index contributed by atoms with van der Waals surface area (Å²) in [4.78, 5) is 17.8. The number of hydrogen-bond donors (Lipinski definition) is 1. The van der Waals surface area contributed by atoms with Crippen LogP contribution >= 0.6 is 0 Å². The Balaban J connectivity index is 2.38. The zero-order valence-electron chi connectivity index (χ0n) is 12.6. The second kappa shape index (κ2) is 6.13. The highest BCUT2D eigenvalue weighted by Crippen LogP contribution is 2.38. The Bertz CT molecular complexity index is 571. The second-order valence-corrected chi connectivity index (χ2v) is 5.88. The molecule has 0 bridgehead atoms. The summed E-state index contributed by atoms with van der Waals surface area (Å²) in [5.74, 6) is -0.0911. The van der Waals surface area contributed by atoms with Gasteiger partial charge in [0.15, 0.2) is 0 Å². The van der Waals surface area contributed by atoms with Crippen molar-refractivity contribution in [2.75, 3.05) is 11.9 Å². The first-order chi connectivity index (χ1) is 9.97. The lowest BCUT2D eigenvalue weighted by atomic mass is 9.78. The van der Waals surface area contributed by atoms with Crippen molar-refractivity contribution in [3.05, 3.63) is 23.4 Å². The standard InChI is InChI=1S/C16H21N3O2/c1-12-8-13(11-17)9-14(18-12)19(2)16(10-15(20)21)6-4-3-5-7-16/h8-9H,3-7,10H2,1-2H3,(H,20,21). The molecule has 5 heteroatoms. The molecule has 1 aromatic rings. The molecule has 112 valence electrons. The van der Waals surface area contributed by atoms with E-state index in [0.717, 1.165) is 37.8 Å². The lowest BCUT2D eigenvalue weighted by Crippen LogP contribution is -2.50. The fourth-order valence-electron chi connectivity index (χ4n) is 3.25. The molecule has 0 aromatic carbocycles. The highest BCUT2D eigenvalue weighted by atomic mass is 16.4. The van der Waals surface area contributed by atoms with Crippen molar-refractivity contribution in [2.24, 2.45) is 0 Å². The summed E-state index contributed by atoms with van der Waals surface area (Å²) in [5, 5.41) is 18.4. The number of aryl methyl sites for hydroxylation is 1. The van der Waals surface area contributed by atoms with E-state index >= 15 is 0 Å². The summed E-state index contributed by atoms with van der Waals surface area (Å²) in [7, 11) is 1.90. The predicted octanol–water partition coefficient (Wildman–Crippen LogP) is 2.88. The third-order valence-corrected chi connectivity index (χ3v) is 4.39. The fraction of sp³-hybridized carbons (Fsp3) is 0.562. The van der Waals surface area contributed by atoms with Gasteiger partial charge in [-0.3, -0.25) is 4.79 Å². The molecule has 1 fully saturated rings. The van der Waals surface area contributed by atoms with Crippen LogP contribution in [0.15, 0.2) is 12.1 Å². The first kappa shape index (κ1) is 15.3. The molecular formula is C16H21N3O2. The SMILES string of the molecule is Cc1cc(C#N)cc(N(C)C2(CC(=O)O)CCCCC2)n1. The van der Waals surface area contributed by atoms with Crippen molar-refractivity contribution in [1.82, 2.24) is 4.98 Å². The van der Waals surface area contributed by atoms with Crippen molar-refractivity contribution >= 4 is 11.8 Å². The number of pyridine rings is 1. The van der Waals surface area contributed by atoms with Gasteiger partial charge in [-0.15, -0.1) is 0 Å². The molecule has 5 nitrogen and oxygen atoms in total. The Labute approximate surface area is 125 Å². The summed E-state index contributed by atoms with van der Waals surface area (Å²) in [6.45, 7) is 1.85. The van der Waals surface area contributed by atoms with E-state index in [9.17, 15) is 9.90 Å². The van der Waals surface area contributed by atoms with E-state index in [1.54, 1.807) is 12.1 Å². The van der Waals surface area contributed by atoms with Gasteiger partial charge in [0.1, 0.15) is 5.82 Å². The van der Waals surface area contributed by atoms with Crippen molar-refractivity contribution in [2.45, 2.75) is 51.0 Å². The molecule has 0 amide bonds. The average Bonchev–Trinajstić information content (AvgIpc) is 2.46. The maximum absolute atomic E-state index is 11.3. The largest absolute Gasteiger partial charge is 0.481 e. The maximum atomic E-state index is 11.3. The second-order valence-electron chi connectivity index (χ2n) is 5.88. The average molecular weight is 287 g/mol. The van der Waals surface area contributed by atoms with Gasteiger partial charge in [0.2, 0.25) is 0 Å². The number of carboxylic acids is 1. The third kappa shape index (κ3) is 3.33. The molecule has 0 radical (unpaired) electrons. The summed E-state index contributed by atoms with van der Waals surface area (Å²) < 4.78 is 0. The van der Waals surface area contributed by atoms with Crippen LogP contribution in [0.3, 0.4) is 0 Å². The monoisotopic (exact) mass is 287 g/mol. The number of rotatable bonds is 4. The van der Waals surface area contributed by atoms with Crippen LogP contribution in [0.25, 0.3) is 0 Å². The van der Waals surface area contributed by atoms with E-state index in [-0.39, 0.29) is 6.42 Å². The van der Waals surface area contributed by atoms with Gasteiger partial charge in [-0.05, 0) is 31.9 Å². The van der Waals surface area contributed by atoms with Crippen LogP contribution in [-0.2, 0) is 4.79 Å². The van der Waals surface area contributed by atoms with Crippen LogP contribution in [0.2, 0.25) is 0 Å². The molecule has 1 heterocycles. The van der Waals surface area contributed by atoms with Gasteiger partial charge < -0.3 is 10.0 Å². The minimum Gasteiger partial charge on any atom is -0.481 e. The lowest BCUT2D eigenvalue weighted by molar-refractivity contribution is -0.138. The first-order valence-electron chi connectivity index (χ1n) is 7.31. The van der Waals surface area contributed by atoms with Crippen molar-refractivity contribution in [1.29, 1.82) is 5.26 Å². The molecule has 1 aromatic heterocycles. The Morgan fingerprint density at radius 1 is 1.43 bits per heavy atom. The zero-order chi connectivity index (χ0) is 15.5. The molecule has 0 unspecified atom stereocenters. The normalized spacial score (nSPS) is 17.0. The molecule has 21 heavy (non-hydrogen) atoms. The van der Waals surface area contributed by atoms with Crippen LogP contribution in [0.4, 0.5) is 5.82 Å². The molecule has 0 saturated heterocycles. The Hall–Kier alpha value is -2.09. The number of aromatic nitrogens is 1. The van der Waals surface area contributed by atoms with Gasteiger partial charge >= 0.3 is 5.97 Å². The van der Waals surface area contributed by atoms with Crippen molar-refractivity contribution in [3.63, 3.8) is 0 Å². The summed E-state index contributed by atoms with van der Waals surface area (Å²) in [5.41, 5.74) is 0.945. The zero-order valence-corrected chi connectivity index (χ0v) is 12.6. The van der Waals surface area contributed by atoms with E-state index in [2.05, 4.69) is 11.1 Å². The Kier molecular flexibility index (Phi) is 4.46. The Morgan fingerprint density at radius 3 is 2.67 bits per heavy atom. The number of nitrogens with zero attached hydrogens (tertiary/aromatic N) is 3. The van der Waals surface area contributed by atoms with Crippen LogP contribution < -0.4 is 4.90 Å². The van der Waals surface area contributed by atoms with Gasteiger partial charge in [0.25, 0.3) is 0 Å². The molecule has 1 aliphatic carbocycles. The number of carboxylic acid groups (broad SMARTS) is 1. The van der Waals surface area contributed by atoms with Gasteiger partial charge in [-0.1, -0.05) is 19.3 Å². The molecular weight excluding hydrogens is 266 g/mol. The van der Waals surface area contributed by atoms with Crippen LogP contribution in [0.1, 0.15) is 49.8 Å². The summed E-state index contributed by atoms with van der Waals surface area (Å²) >= 11 is 0. The number of nitriles is 1. The van der Waals surface area contributed by atoms with E-state index in [1.165, 1.54) is 0 Å². The van der Waals surface area contributed by atoms with Crippen LogP contribution in [0, 0.1) is 18.3 Å². The lowest BCUT2D eigenvalue weighted by Gasteiger charge is -2.44. The minimum absolute atomic E-state index is 0.112. The van der Waals surface area contributed by atoms with Crippen molar-refractivity contribution in [3.8, 4) is 6.07 Å². The van der Waals surface area contributed by atoms with Crippen LogP contribution in [0.5, 0.6) is 0 Å². The van der Waals surface area contributed by atoms with E-state index in [0.29, 0.717) is 11.4 Å². The highest BCUT2D eigenvalue weighted by molar-refractivity contribution is 5.69. The molecule has 1 N–H and O–H groups in total. The fourth-order valence-corrected chi connectivity index (χ4v) is 3.25. The molecule has 0 atom stereocenters. The van der Waals surface area contributed by atoms with Gasteiger partial charge in [-0.25, -0.2) is 4.98 Å². The van der Waals surface area contributed by atoms with Gasteiger partial charge in [-0.2, -0.15) is 5.26 Å². The Morgan fingerprint density at radius 2 is 2.10 bits per heavy atom. The first-order valence-corrected chi connectivity index (χ1v) is 7.31. The third-order valence-electron chi connectivity index (χ3n) is 4.39. The minimum atomic E-state index is -0.781. The molecule has 0 aliphatic heterocycles. The molecule has 1 saturated carbocycles. The van der Waals surface area contributed by atoms with E-state index in [4.69, 9.17) is 5.26 Å². The summed E-state index contributed by atoms with van der Waals surface area (Å²) in [6, 6.07) is 5.62. The van der Waals surface area contributed by atoms with E-state index < -0.39 is 11.5 Å². The van der Waals surface area contributed by atoms with Gasteiger partial charge in [0.05, 0.1) is 23.6 Å². The number of carbonyl (C=O) groups is 1. The highest BCUT2D eigenvalue weighted by Gasteiger charge is 2.39. The molecule has 1 aliphatic rings. The number of hydrogen-bond acceptors (Lipinski definition) is 4. The van der Waals surface area contributed by atoms with Crippen LogP contribution in [-0.4, -0.2) is 28.6 Å². The smallest absolute Gasteiger partial charge is 0.305 e. The number of aliphatic carboxylic acids is 1. The van der Waals surface area contributed by atoms with Crippen molar-refractivity contribution < 1.29 is 9.90 Å². The van der Waals surface area contributed by atoms with Gasteiger partial charge in [0, 0.05) is 12.7 Å². The summed E-state index contributed by atoms with van der Waals surface area (Å²) in [6.07, 6.45) is 5.05. The van der Waals surface area contributed by atoms with E-state index in [1.807, 2.05) is 18.9 Å².